The molecular formula is C21H23ClN2O3S. The number of rotatable bonds is 4. The molecule has 4 rings (SSSR count). The molecule has 7 heteroatoms. The SMILES string of the molecule is CS(=O)(=O)N1C2CCC1CC(NC(=O)c1ccc(-c3cccc(Cl)c3)cc1)C2. The molecule has 0 aliphatic carbocycles. The highest BCUT2D eigenvalue weighted by atomic mass is 35.5. The number of piperidine rings is 1. The largest absolute Gasteiger partial charge is 0.349 e. The zero-order chi connectivity index (χ0) is 19.9. The number of carbonyl (C=O) groups excluding carboxylic acids is 1. The Bertz CT molecular complexity index is 977. The van der Waals surface area contributed by atoms with Crippen LogP contribution in [0.1, 0.15) is 36.0 Å². The number of nitrogens with zero attached hydrogens (tertiary/aromatic N) is 1. The summed E-state index contributed by atoms with van der Waals surface area (Å²) in [5.74, 6) is -0.116. The summed E-state index contributed by atoms with van der Waals surface area (Å²) in [6, 6.07) is 15.1. The van der Waals surface area contributed by atoms with Crippen LogP contribution in [0.15, 0.2) is 48.5 Å². The standard InChI is InChI=1S/C21H23ClN2O3S/c1-28(26,27)24-19-9-10-20(24)13-18(12-19)23-21(25)15-7-5-14(6-8-15)16-3-2-4-17(22)11-16/h2-8,11,18-20H,9-10,12-13H2,1H3,(H,23,25). The van der Waals surface area contributed by atoms with Gasteiger partial charge in [0.15, 0.2) is 0 Å². The van der Waals surface area contributed by atoms with Crippen LogP contribution in [0.25, 0.3) is 11.1 Å². The molecule has 2 aliphatic rings. The van der Waals surface area contributed by atoms with E-state index in [2.05, 4.69) is 5.32 Å². The second kappa shape index (κ2) is 7.50. The van der Waals surface area contributed by atoms with E-state index in [-0.39, 0.29) is 24.0 Å². The van der Waals surface area contributed by atoms with Crippen LogP contribution in [0, 0.1) is 0 Å². The minimum absolute atomic E-state index is 0.00394. The fourth-order valence-corrected chi connectivity index (χ4v) is 6.20. The maximum Gasteiger partial charge on any atom is 0.251 e. The number of fused-ring (bicyclic) bond motifs is 2. The molecule has 1 amide bonds. The summed E-state index contributed by atoms with van der Waals surface area (Å²) < 4.78 is 25.6. The monoisotopic (exact) mass is 418 g/mol. The van der Waals surface area contributed by atoms with Gasteiger partial charge in [-0.05, 0) is 61.1 Å². The molecule has 0 saturated carbocycles. The molecule has 2 unspecified atom stereocenters. The van der Waals surface area contributed by atoms with Crippen LogP contribution < -0.4 is 5.32 Å². The van der Waals surface area contributed by atoms with Crippen molar-refractivity contribution in [3.05, 3.63) is 59.1 Å². The molecule has 1 N–H and O–H groups in total. The van der Waals surface area contributed by atoms with Crippen molar-refractivity contribution in [2.75, 3.05) is 6.26 Å². The first-order valence-electron chi connectivity index (χ1n) is 9.46. The third-order valence-corrected chi connectivity index (χ3v) is 7.29. The lowest BCUT2D eigenvalue weighted by Crippen LogP contribution is -2.52. The Hall–Kier alpha value is -1.89. The van der Waals surface area contributed by atoms with Gasteiger partial charge in [0, 0.05) is 28.7 Å². The number of halogens is 1. The van der Waals surface area contributed by atoms with Crippen LogP contribution >= 0.6 is 11.6 Å². The van der Waals surface area contributed by atoms with Crippen molar-refractivity contribution < 1.29 is 13.2 Å². The lowest BCUT2D eigenvalue weighted by molar-refractivity contribution is 0.0909. The van der Waals surface area contributed by atoms with Crippen molar-refractivity contribution in [1.29, 1.82) is 0 Å². The first kappa shape index (κ1) is 19.4. The second-order valence-corrected chi connectivity index (χ2v) is 10.0. The minimum atomic E-state index is -3.19. The average Bonchev–Trinajstić information content (AvgIpc) is 2.94. The van der Waals surface area contributed by atoms with Crippen LogP contribution in [0.5, 0.6) is 0 Å². The maximum absolute atomic E-state index is 12.7. The highest BCUT2D eigenvalue weighted by Crippen LogP contribution is 2.37. The summed E-state index contributed by atoms with van der Waals surface area (Å²) in [7, 11) is -3.19. The first-order chi connectivity index (χ1) is 13.3. The Kier molecular flexibility index (Phi) is 5.21. The fraction of sp³-hybridized carbons (Fsp3) is 0.381. The maximum atomic E-state index is 12.7. The number of nitrogens with one attached hydrogen (secondary N) is 1. The van der Waals surface area contributed by atoms with Crippen LogP contribution in [0.2, 0.25) is 5.02 Å². The van der Waals surface area contributed by atoms with E-state index in [0.717, 1.165) is 24.0 Å². The number of benzene rings is 2. The topological polar surface area (TPSA) is 66.5 Å². The Morgan fingerprint density at radius 1 is 1.04 bits per heavy atom. The van der Waals surface area contributed by atoms with Gasteiger partial charge in [-0.25, -0.2) is 8.42 Å². The van der Waals surface area contributed by atoms with Gasteiger partial charge in [-0.3, -0.25) is 4.79 Å². The van der Waals surface area contributed by atoms with Gasteiger partial charge in [0.05, 0.1) is 6.26 Å². The molecule has 0 spiro atoms. The third kappa shape index (κ3) is 3.95. The van der Waals surface area contributed by atoms with Crippen molar-refractivity contribution in [1.82, 2.24) is 9.62 Å². The summed E-state index contributed by atoms with van der Waals surface area (Å²) >= 11 is 6.05. The van der Waals surface area contributed by atoms with E-state index in [0.29, 0.717) is 23.4 Å². The molecule has 2 saturated heterocycles. The molecular weight excluding hydrogens is 396 g/mol. The van der Waals surface area contributed by atoms with E-state index in [4.69, 9.17) is 11.6 Å². The van der Waals surface area contributed by atoms with Crippen LogP contribution in [-0.2, 0) is 10.0 Å². The molecule has 2 atom stereocenters. The van der Waals surface area contributed by atoms with Crippen LogP contribution in [0.3, 0.4) is 0 Å². The molecule has 28 heavy (non-hydrogen) atoms. The molecule has 0 radical (unpaired) electrons. The van der Waals surface area contributed by atoms with Crippen molar-refractivity contribution in [2.45, 2.75) is 43.8 Å². The predicted molar refractivity (Wildman–Crippen MR) is 111 cm³/mol. The quantitative estimate of drug-likeness (QED) is 0.823. The number of amides is 1. The van der Waals surface area contributed by atoms with Crippen LogP contribution in [-0.4, -0.2) is 43.0 Å². The first-order valence-corrected chi connectivity index (χ1v) is 11.7. The summed E-state index contributed by atoms with van der Waals surface area (Å²) in [5.41, 5.74) is 2.60. The fourth-order valence-electron chi connectivity index (χ4n) is 4.54. The Balaban J connectivity index is 1.42. The highest BCUT2D eigenvalue weighted by molar-refractivity contribution is 7.88. The third-order valence-electron chi connectivity index (χ3n) is 5.69. The highest BCUT2D eigenvalue weighted by Gasteiger charge is 2.45. The van der Waals surface area contributed by atoms with Crippen molar-refractivity contribution in [3.8, 4) is 11.1 Å². The van der Waals surface area contributed by atoms with Gasteiger partial charge in [0.2, 0.25) is 10.0 Å². The second-order valence-electron chi connectivity index (χ2n) is 7.71. The molecule has 2 fully saturated rings. The summed E-state index contributed by atoms with van der Waals surface area (Å²) in [6.45, 7) is 0. The molecule has 2 aliphatic heterocycles. The predicted octanol–water partition coefficient (Wildman–Crippen LogP) is 3.69. The normalized spacial score (nSPS) is 24.9. The van der Waals surface area contributed by atoms with Crippen molar-refractivity contribution in [3.63, 3.8) is 0 Å². The molecule has 2 aromatic carbocycles. The van der Waals surface area contributed by atoms with Crippen molar-refractivity contribution >= 4 is 27.5 Å². The average molecular weight is 419 g/mol. The van der Waals surface area contributed by atoms with Gasteiger partial charge in [0.1, 0.15) is 0 Å². The Morgan fingerprint density at radius 3 is 2.25 bits per heavy atom. The van der Waals surface area contributed by atoms with E-state index in [1.54, 1.807) is 4.31 Å². The van der Waals surface area contributed by atoms with Gasteiger partial charge in [-0.2, -0.15) is 4.31 Å². The molecule has 148 valence electrons. The van der Waals surface area contributed by atoms with Gasteiger partial charge >= 0.3 is 0 Å². The van der Waals surface area contributed by atoms with Crippen molar-refractivity contribution in [2.24, 2.45) is 0 Å². The summed E-state index contributed by atoms with van der Waals surface area (Å²) in [4.78, 5) is 12.7. The van der Waals surface area contributed by atoms with Gasteiger partial charge < -0.3 is 5.32 Å². The summed E-state index contributed by atoms with van der Waals surface area (Å²) in [6.07, 6.45) is 4.38. The molecule has 5 nitrogen and oxygen atoms in total. The lowest BCUT2D eigenvalue weighted by Gasteiger charge is -2.37. The zero-order valence-corrected chi connectivity index (χ0v) is 17.2. The van der Waals surface area contributed by atoms with E-state index in [1.807, 2.05) is 48.5 Å². The van der Waals surface area contributed by atoms with Gasteiger partial charge in [0.25, 0.3) is 5.91 Å². The molecule has 2 heterocycles. The molecule has 2 aromatic rings. The Morgan fingerprint density at radius 2 is 1.68 bits per heavy atom. The van der Waals surface area contributed by atoms with E-state index >= 15 is 0 Å². The van der Waals surface area contributed by atoms with E-state index in [9.17, 15) is 13.2 Å². The number of sulfonamides is 1. The lowest BCUT2D eigenvalue weighted by atomic mass is 9.99. The van der Waals surface area contributed by atoms with Gasteiger partial charge in [-0.15, -0.1) is 0 Å². The van der Waals surface area contributed by atoms with E-state index in [1.165, 1.54) is 6.26 Å². The number of hydrogen-bond donors (Lipinski definition) is 1. The minimum Gasteiger partial charge on any atom is -0.349 e. The molecule has 0 aromatic heterocycles. The number of carbonyl (C=O) groups is 1. The Labute approximate surface area is 170 Å². The zero-order valence-electron chi connectivity index (χ0n) is 15.6. The number of hydrogen-bond acceptors (Lipinski definition) is 3. The molecule has 2 bridgehead atoms. The van der Waals surface area contributed by atoms with E-state index < -0.39 is 10.0 Å². The summed E-state index contributed by atoms with van der Waals surface area (Å²) in [5, 5.41) is 3.77. The van der Waals surface area contributed by atoms with Crippen LogP contribution in [0.4, 0.5) is 0 Å². The smallest absolute Gasteiger partial charge is 0.251 e. The van der Waals surface area contributed by atoms with Gasteiger partial charge in [-0.1, -0.05) is 35.9 Å².